The Hall–Kier alpha value is -3.81. The van der Waals surface area contributed by atoms with Crippen LogP contribution in [0.1, 0.15) is 34.7 Å². The van der Waals surface area contributed by atoms with Crippen molar-refractivity contribution < 1.29 is 0 Å². The molecule has 5 aromatic rings. The van der Waals surface area contributed by atoms with Gasteiger partial charge in [0.15, 0.2) is 5.65 Å². The number of rotatable bonds is 6. The number of nitrogens with zero attached hydrogens (tertiary/aromatic N) is 4. The summed E-state index contributed by atoms with van der Waals surface area (Å²) in [5.41, 5.74) is 7.72. The van der Waals surface area contributed by atoms with Crippen molar-refractivity contribution in [3.05, 3.63) is 112 Å². The van der Waals surface area contributed by atoms with Crippen molar-refractivity contribution in [3.8, 4) is 6.07 Å². The van der Waals surface area contributed by atoms with Gasteiger partial charge >= 0.3 is 0 Å². The summed E-state index contributed by atoms with van der Waals surface area (Å²) >= 11 is 6.15. The van der Waals surface area contributed by atoms with E-state index in [0.29, 0.717) is 22.7 Å². The normalized spacial score (nSPS) is 11.1. The minimum atomic E-state index is 0.625. The first-order valence-corrected chi connectivity index (χ1v) is 11.8. The largest absolute Gasteiger partial charge is 0.353 e. The van der Waals surface area contributed by atoms with Crippen LogP contribution in [0, 0.1) is 18.3 Å². The molecule has 0 amide bonds. The second-order valence-corrected chi connectivity index (χ2v) is 8.91. The van der Waals surface area contributed by atoms with Crippen LogP contribution in [0.4, 0.5) is 5.82 Å². The van der Waals surface area contributed by atoms with Crippen molar-refractivity contribution in [3.63, 3.8) is 0 Å². The molecule has 3 aromatic carbocycles. The minimum absolute atomic E-state index is 0.625. The highest BCUT2D eigenvalue weighted by Crippen LogP contribution is 2.35. The molecule has 0 saturated heterocycles. The molecule has 0 aliphatic rings. The monoisotopic (exact) mass is 464 g/mol. The summed E-state index contributed by atoms with van der Waals surface area (Å²) in [5.74, 6) is 1.08. The number of benzene rings is 3. The van der Waals surface area contributed by atoms with Gasteiger partial charge in [-0.05, 0) is 54.8 Å². The van der Waals surface area contributed by atoms with Gasteiger partial charge in [-0.25, -0.2) is 4.98 Å². The lowest BCUT2D eigenvalue weighted by Gasteiger charge is -2.29. The average Bonchev–Trinajstić information content (AvgIpc) is 3.24. The predicted molar refractivity (Wildman–Crippen MR) is 140 cm³/mol. The quantitative estimate of drug-likeness (QED) is 0.273. The van der Waals surface area contributed by atoms with Gasteiger partial charge < -0.3 is 4.90 Å². The maximum Gasteiger partial charge on any atom is 0.157 e. The molecule has 34 heavy (non-hydrogen) atoms. The van der Waals surface area contributed by atoms with Crippen LogP contribution in [-0.2, 0) is 13.0 Å². The number of pyridine rings is 1. The number of fused-ring (bicyclic) bond motifs is 3. The zero-order chi connectivity index (χ0) is 23.7. The first-order chi connectivity index (χ1) is 16.6. The van der Waals surface area contributed by atoms with Crippen molar-refractivity contribution in [2.75, 3.05) is 11.4 Å². The number of anilines is 1. The first kappa shape index (κ1) is 22.0. The van der Waals surface area contributed by atoms with E-state index in [1.165, 1.54) is 5.56 Å². The van der Waals surface area contributed by atoms with Gasteiger partial charge in [0.05, 0.1) is 16.6 Å². The Morgan fingerprint density at radius 3 is 2.35 bits per heavy atom. The van der Waals surface area contributed by atoms with Gasteiger partial charge in [-0.2, -0.15) is 5.26 Å². The van der Waals surface area contributed by atoms with E-state index >= 15 is 0 Å². The van der Waals surface area contributed by atoms with Crippen LogP contribution in [0.5, 0.6) is 0 Å². The molecule has 0 bridgehead atoms. The number of hydrogen-bond donors (Lipinski definition) is 0. The molecule has 0 saturated carbocycles. The molecule has 168 valence electrons. The molecule has 0 N–H and O–H groups in total. The molecule has 0 atom stereocenters. The molecule has 0 fully saturated rings. The van der Waals surface area contributed by atoms with E-state index in [4.69, 9.17) is 16.6 Å². The fraction of sp³-hybridized carbons (Fsp3) is 0.172. The van der Waals surface area contributed by atoms with Crippen LogP contribution < -0.4 is 4.90 Å². The maximum absolute atomic E-state index is 10.2. The van der Waals surface area contributed by atoms with Crippen molar-refractivity contribution in [2.24, 2.45) is 0 Å². The van der Waals surface area contributed by atoms with Gasteiger partial charge in [0.25, 0.3) is 0 Å². The number of halogens is 1. The van der Waals surface area contributed by atoms with Gasteiger partial charge in [0, 0.05) is 30.1 Å². The van der Waals surface area contributed by atoms with E-state index in [2.05, 4.69) is 64.8 Å². The smallest absolute Gasteiger partial charge is 0.157 e. The fourth-order valence-corrected chi connectivity index (χ4v) is 4.78. The highest BCUT2D eigenvalue weighted by Gasteiger charge is 2.24. The van der Waals surface area contributed by atoms with Crippen LogP contribution in [0.15, 0.2) is 78.9 Å². The Morgan fingerprint density at radius 2 is 1.65 bits per heavy atom. The van der Waals surface area contributed by atoms with Crippen molar-refractivity contribution >= 4 is 34.1 Å². The third-order valence-corrected chi connectivity index (χ3v) is 6.65. The second-order valence-electron chi connectivity index (χ2n) is 8.48. The lowest BCUT2D eigenvalue weighted by Crippen LogP contribution is -2.26. The number of para-hydroxylation sites is 2. The fourth-order valence-electron chi connectivity index (χ4n) is 4.65. The third-order valence-electron chi connectivity index (χ3n) is 6.40. The molecule has 0 spiro atoms. The van der Waals surface area contributed by atoms with Gasteiger partial charge in [0.2, 0.25) is 0 Å². The molecule has 0 aliphatic carbocycles. The van der Waals surface area contributed by atoms with E-state index in [-0.39, 0.29) is 0 Å². The number of aromatic nitrogens is 2. The number of nitriles is 1. The Balaban J connectivity index is 1.82. The van der Waals surface area contributed by atoms with Crippen molar-refractivity contribution in [1.29, 1.82) is 5.26 Å². The van der Waals surface area contributed by atoms with E-state index in [0.717, 1.165) is 46.6 Å². The summed E-state index contributed by atoms with van der Waals surface area (Å²) in [6.45, 7) is 5.80. The summed E-state index contributed by atoms with van der Waals surface area (Å²) in [4.78, 5) is 7.27. The van der Waals surface area contributed by atoms with Crippen LogP contribution in [-0.4, -0.2) is 15.9 Å². The molecule has 0 radical (unpaired) electrons. The summed E-state index contributed by atoms with van der Waals surface area (Å²) < 4.78 is 2.18. The second kappa shape index (κ2) is 9.21. The Kier molecular flexibility index (Phi) is 5.96. The zero-order valence-corrected chi connectivity index (χ0v) is 20.0. The summed E-state index contributed by atoms with van der Waals surface area (Å²) in [5, 5.41) is 10.9. The van der Waals surface area contributed by atoms with Gasteiger partial charge in [-0.15, -0.1) is 0 Å². The van der Waals surface area contributed by atoms with Crippen LogP contribution >= 0.6 is 11.6 Å². The molecule has 0 aliphatic heterocycles. The Morgan fingerprint density at radius 1 is 0.941 bits per heavy atom. The van der Waals surface area contributed by atoms with Gasteiger partial charge in [-0.3, -0.25) is 4.40 Å². The highest BCUT2D eigenvalue weighted by atomic mass is 35.5. The number of imidazole rings is 1. The van der Waals surface area contributed by atoms with Crippen LogP contribution in [0.2, 0.25) is 5.02 Å². The van der Waals surface area contributed by atoms with E-state index in [1.54, 1.807) is 0 Å². The van der Waals surface area contributed by atoms with E-state index in [9.17, 15) is 5.26 Å². The standard InChI is InChI=1S/C29H25ClN4/c1-3-33(19-22-9-5-4-6-10-22)29-24(17-21-13-15-23(30)16-14-21)20(2)25(18-31)28-32-26-11-7-8-12-27(26)34(28)29/h4-16H,3,17,19H2,1-2H3. The third kappa shape index (κ3) is 3.89. The summed E-state index contributed by atoms with van der Waals surface area (Å²) in [6.07, 6.45) is 0.695. The predicted octanol–water partition coefficient (Wildman–Crippen LogP) is 6.94. The molecule has 0 unspecified atom stereocenters. The molecule has 5 heteroatoms. The van der Waals surface area contributed by atoms with E-state index in [1.807, 2.05) is 43.3 Å². The molecular formula is C29H25ClN4. The lowest BCUT2D eigenvalue weighted by atomic mass is 9.97. The summed E-state index contributed by atoms with van der Waals surface area (Å²) in [7, 11) is 0. The van der Waals surface area contributed by atoms with Gasteiger partial charge in [0.1, 0.15) is 11.9 Å². The topological polar surface area (TPSA) is 44.3 Å². The average molecular weight is 465 g/mol. The summed E-state index contributed by atoms with van der Waals surface area (Å²) in [6, 6.07) is 29.0. The van der Waals surface area contributed by atoms with Crippen molar-refractivity contribution in [2.45, 2.75) is 26.8 Å². The Labute approximate surface area is 204 Å². The molecule has 4 nitrogen and oxygen atoms in total. The van der Waals surface area contributed by atoms with Gasteiger partial charge in [-0.1, -0.05) is 66.2 Å². The highest BCUT2D eigenvalue weighted by molar-refractivity contribution is 6.30. The number of hydrogen-bond acceptors (Lipinski definition) is 3. The Bertz CT molecular complexity index is 1510. The lowest BCUT2D eigenvalue weighted by molar-refractivity contribution is 0.796. The van der Waals surface area contributed by atoms with Crippen LogP contribution in [0.25, 0.3) is 16.7 Å². The van der Waals surface area contributed by atoms with E-state index < -0.39 is 0 Å². The molecular weight excluding hydrogens is 440 g/mol. The van der Waals surface area contributed by atoms with Crippen LogP contribution in [0.3, 0.4) is 0 Å². The zero-order valence-electron chi connectivity index (χ0n) is 19.3. The van der Waals surface area contributed by atoms with Crippen molar-refractivity contribution in [1.82, 2.24) is 9.38 Å². The SMILES string of the molecule is CCN(Cc1ccccc1)c1c(Cc2ccc(Cl)cc2)c(C)c(C#N)c2nc3ccccc3n12. The maximum atomic E-state index is 10.2. The molecule has 2 heterocycles. The molecule has 2 aromatic heterocycles. The molecule has 5 rings (SSSR count). The minimum Gasteiger partial charge on any atom is -0.353 e. The first-order valence-electron chi connectivity index (χ1n) is 11.5.